The molecule has 0 amide bonds. The van der Waals surface area contributed by atoms with Crippen LogP contribution in [0.4, 0.5) is 17.1 Å². The largest absolute Gasteiger partial charge is 0.497 e. The summed E-state index contributed by atoms with van der Waals surface area (Å²) in [6.45, 7) is 8.43. The first-order chi connectivity index (χ1) is 29.6. The molecule has 8 aromatic rings. The molecule has 2 aromatic heterocycles. The average molecular weight is 798 g/mol. The van der Waals surface area contributed by atoms with Crippen molar-refractivity contribution in [3.63, 3.8) is 0 Å². The summed E-state index contributed by atoms with van der Waals surface area (Å²) < 4.78 is 10.9. The number of benzene rings is 6. The van der Waals surface area contributed by atoms with Crippen LogP contribution in [0.25, 0.3) is 44.8 Å². The van der Waals surface area contributed by atoms with E-state index in [1.807, 2.05) is 60.9 Å². The molecule has 0 saturated heterocycles. The number of aryl methyl sites for hydroxylation is 4. The molecule has 0 radical (unpaired) electrons. The lowest BCUT2D eigenvalue weighted by molar-refractivity contribution is 0.0979. The van der Waals surface area contributed by atoms with Crippen molar-refractivity contribution in [2.75, 3.05) is 19.1 Å². The highest BCUT2D eigenvalue weighted by molar-refractivity contribution is 6.28. The van der Waals surface area contributed by atoms with Gasteiger partial charge in [0, 0.05) is 62.8 Å². The molecule has 0 fully saturated rings. The standard InChI is InChI=1S/C54H43N3O4/c1-32-26-47(33(2)25-46(32)36-11-22-45-49(29-36)54(59)44-10-8-7-9-43(44)53(45)58)37-12-23-50(55-30-37)51-24-13-38(31-56-51)48-27-35(4)52(28-34(48)3)57(39-14-18-41(60-5)19-15-39)40-16-20-42(61-6)21-17-40/h7-31H,1-6H3. The van der Waals surface area contributed by atoms with E-state index in [1.54, 1.807) is 44.6 Å². The number of carbonyl (C=O) groups is 2. The van der Waals surface area contributed by atoms with Crippen LogP contribution >= 0.6 is 0 Å². The number of nitrogens with zero attached hydrogens (tertiary/aromatic N) is 3. The highest BCUT2D eigenvalue weighted by Crippen LogP contribution is 2.41. The van der Waals surface area contributed by atoms with Crippen LogP contribution in [0.5, 0.6) is 11.5 Å². The van der Waals surface area contributed by atoms with E-state index in [9.17, 15) is 9.59 Å². The Morgan fingerprint density at radius 3 is 1.31 bits per heavy atom. The van der Waals surface area contributed by atoms with Gasteiger partial charge in [-0.2, -0.15) is 0 Å². The normalized spacial score (nSPS) is 11.8. The molecule has 0 bridgehead atoms. The van der Waals surface area contributed by atoms with Crippen molar-refractivity contribution in [1.29, 1.82) is 0 Å². The molecule has 7 heteroatoms. The fraction of sp³-hybridized carbons (Fsp3) is 0.111. The number of fused-ring (bicyclic) bond motifs is 2. The molecule has 6 aromatic carbocycles. The van der Waals surface area contributed by atoms with Crippen molar-refractivity contribution < 1.29 is 19.1 Å². The SMILES string of the molecule is COc1ccc(N(c2ccc(OC)cc2)c2cc(C)c(-c3ccc(-c4ccc(-c5cc(C)c(-c6ccc7c(c6)C(=O)c6ccccc6C7=O)cc5C)cn4)nc3)cc2C)cc1. The van der Waals surface area contributed by atoms with Crippen LogP contribution < -0.4 is 14.4 Å². The van der Waals surface area contributed by atoms with E-state index in [1.165, 1.54) is 0 Å². The van der Waals surface area contributed by atoms with Gasteiger partial charge in [-0.1, -0.05) is 54.6 Å². The minimum atomic E-state index is -0.119. The third-order valence-corrected chi connectivity index (χ3v) is 11.7. The van der Waals surface area contributed by atoms with Gasteiger partial charge in [-0.25, -0.2) is 0 Å². The van der Waals surface area contributed by atoms with E-state index < -0.39 is 0 Å². The van der Waals surface area contributed by atoms with Gasteiger partial charge in [0.05, 0.1) is 25.6 Å². The third-order valence-electron chi connectivity index (χ3n) is 11.7. The number of aromatic nitrogens is 2. The maximum absolute atomic E-state index is 13.4. The lowest BCUT2D eigenvalue weighted by Gasteiger charge is -2.28. The summed E-state index contributed by atoms with van der Waals surface area (Å²) in [5, 5.41) is 0. The van der Waals surface area contributed by atoms with Crippen molar-refractivity contribution in [3.8, 4) is 56.3 Å². The Labute approximate surface area is 355 Å². The molecular weight excluding hydrogens is 755 g/mol. The highest BCUT2D eigenvalue weighted by Gasteiger charge is 2.29. The molecule has 1 aliphatic rings. The molecule has 0 saturated carbocycles. The van der Waals surface area contributed by atoms with Gasteiger partial charge in [0.15, 0.2) is 11.6 Å². The van der Waals surface area contributed by atoms with Crippen LogP contribution in [0.1, 0.15) is 54.1 Å². The summed E-state index contributed by atoms with van der Waals surface area (Å²) >= 11 is 0. The predicted molar refractivity (Wildman–Crippen MR) is 244 cm³/mol. The molecule has 7 nitrogen and oxygen atoms in total. The Bertz CT molecular complexity index is 2940. The second kappa shape index (κ2) is 15.8. The molecule has 1 aliphatic carbocycles. The average Bonchev–Trinajstić information content (AvgIpc) is 3.30. The van der Waals surface area contributed by atoms with Gasteiger partial charge < -0.3 is 14.4 Å². The zero-order valence-electron chi connectivity index (χ0n) is 34.9. The van der Waals surface area contributed by atoms with Crippen LogP contribution in [0.3, 0.4) is 0 Å². The minimum absolute atomic E-state index is 0.114. The maximum atomic E-state index is 13.4. The number of methoxy groups -OCH3 is 2. The molecule has 0 atom stereocenters. The predicted octanol–water partition coefficient (Wildman–Crippen LogP) is 12.6. The Balaban J connectivity index is 0.955. The lowest BCUT2D eigenvalue weighted by Crippen LogP contribution is -2.20. The van der Waals surface area contributed by atoms with Crippen molar-refractivity contribution in [3.05, 3.63) is 196 Å². The minimum Gasteiger partial charge on any atom is -0.497 e. The summed E-state index contributed by atoms with van der Waals surface area (Å²) in [7, 11) is 3.35. The molecule has 9 rings (SSSR count). The third kappa shape index (κ3) is 7.14. The van der Waals surface area contributed by atoms with Crippen LogP contribution in [0.2, 0.25) is 0 Å². The van der Waals surface area contributed by atoms with Crippen LogP contribution in [-0.4, -0.2) is 35.8 Å². The van der Waals surface area contributed by atoms with Gasteiger partial charge in [-0.05, 0) is 157 Å². The number of carbonyl (C=O) groups excluding carboxylic acids is 2. The van der Waals surface area contributed by atoms with Gasteiger partial charge in [0.25, 0.3) is 0 Å². The second-order valence-corrected chi connectivity index (χ2v) is 15.5. The number of anilines is 3. The zero-order chi connectivity index (χ0) is 42.4. The van der Waals surface area contributed by atoms with Crippen LogP contribution in [0.15, 0.2) is 152 Å². The van der Waals surface area contributed by atoms with Gasteiger partial charge in [-0.15, -0.1) is 0 Å². The van der Waals surface area contributed by atoms with Crippen molar-refractivity contribution in [2.45, 2.75) is 27.7 Å². The Morgan fingerprint density at radius 2 is 0.836 bits per heavy atom. The van der Waals surface area contributed by atoms with E-state index in [4.69, 9.17) is 19.4 Å². The van der Waals surface area contributed by atoms with E-state index in [-0.39, 0.29) is 11.6 Å². The number of hydrogen-bond donors (Lipinski definition) is 0. The van der Waals surface area contributed by atoms with E-state index >= 15 is 0 Å². The summed E-state index contributed by atoms with van der Waals surface area (Å²) in [4.78, 5) is 38.6. The number of rotatable bonds is 9. The van der Waals surface area contributed by atoms with E-state index in [0.717, 1.165) is 95.6 Å². The first-order valence-corrected chi connectivity index (χ1v) is 20.2. The van der Waals surface area contributed by atoms with Crippen molar-refractivity contribution in [2.24, 2.45) is 0 Å². The van der Waals surface area contributed by atoms with Gasteiger partial charge in [-0.3, -0.25) is 19.6 Å². The first-order valence-electron chi connectivity index (χ1n) is 20.2. The summed E-state index contributed by atoms with van der Waals surface area (Å²) in [6.07, 6.45) is 3.82. The summed E-state index contributed by atoms with van der Waals surface area (Å²) in [5.41, 5.74) is 17.0. The van der Waals surface area contributed by atoms with Gasteiger partial charge in [0.1, 0.15) is 11.5 Å². The van der Waals surface area contributed by atoms with Crippen molar-refractivity contribution >= 4 is 28.6 Å². The summed E-state index contributed by atoms with van der Waals surface area (Å²) in [6, 6.07) is 45.8. The Hall–Kier alpha value is -7.64. The molecule has 0 spiro atoms. The fourth-order valence-electron chi connectivity index (χ4n) is 8.36. The smallest absolute Gasteiger partial charge is 0.194 e. The molecule has 0 aliphatic heterocycles. The van der Waals surface area contributed by atoms with Crippen LogP contribution in [0, 0.1) is 27.7 Å². The van der Waals surface area contributed by atoms with Crippen LogP contribution in [-0.2, 0) is 0 Å². The molecule has 2 heterocycles. The first kappa shape index (κ1) is 38.9. The Kier molecular flexibility index (Phi) is 10.1. The van der Waals surface area contributed by atoms with Crippen molar-refractivity contribution in [1.82, 2.24) is 9.97 Å². The quantitative estimate of drug-likeness (QED) is 0.144. The summed E-state index contributed by atoms with van der Waals surface area (Å²) in [5.74, 6) is 1.37. The topological polar surface area (TPSA) is 81.6 Å². The number of pyridine rings is 2. The number of hydrogen-bond acceptors (Lipinski definition) is 7. The number of ketones is 2. The maximum Gasteiger partial charge on any atom is 0.194 e. The second-order valence-electron chi connectivity index (χ2n) is 15.5. The molecule has 61 heavy (non-hydrogen) atoms. The molecule has 0 N–H and O–H groups in total. The highest BCUT2D eigenvalue weighted by atomic mass is 16.5. The van der Waals surface area contributed by atoms with Gasteiger partial charge >= 0.3 is 0 Å². The monoisotopic (exact) mass is 797 g/mol. The number of ether oxygens (including phenoxy) is 2. The molecule has 0 unspecified atom stereocenters. The Morgan fingerprint density at radius 1 is 0.410 bits per heavy atom. The molecular formula is C54H43N3O4. The van der Waals surface area contributed by atoms with E-state index in [2.05, 4.69) is 93.3 Å². The van der Waals surface area contributed by atoms with Gasteiger partial charge in [0.2, 0.25) is 0 Å². The molecule has 298 valence electrons. The van der Waals surface area contributed by atoms with E-state index in [0.29, 0.717) is 22.3 Å². The lowest BCUT2D eigenvalue weighted by atomic mass is 9.82. The fourth-order valence-corrected chi connectivity index (χ4v) is 8.36. The zero-order valence-corrected chi connectivity index (χ0v) is 34.9.